The van der Waals surface area contributed by atoms with E-state index in [2.05, 4.69) is 26.3 Å². The number of rotatable bonds is 0. The summed E-state index contributed by atoms with van der Waals surface area (Å²) in [6.45, 7) is 16.2. The first-order chi connectivity index (χ1) is 6.58. The van der Waals surface area contributed by atoms with Gasteiger partial charge in [-0.1, -0.05) is 37.5 Å². The molecule has 0 aliphatic heterocycles. The molecule has 0 aromatic carbocycles. The molecular formula is C14H16. The maximum Gasteiger partial charge on any atom is -0.00641 e. The predicted octanol–water partition coefficient (Wildman–Crippen LogP) is 4.10. The van der Waals surface area contributed by atoms with Gasteiger partial charge in [0.15, 0.2) is 0 Å². The lowest BCUT2D eigenvalue weighted by Crippen LogP contribution is -2.10. The minimum atomic E-state index is 1.00. The second-order valence-electron chi connectivity index (χ2n) is 4.33. The summed E-state index contributed by atoms with van der Waals surface area (Å²) in [5.74, 6) is 0. The molecule has 0 aromatic rings. The number of allylic oxidation sites excluding steroid dienone is 6. The Morgan fingerprint density at radius 1 is 0.500 bits per heavy atom. The highest BCUT2D eigenvalue weighted by Crippen LogP contribution is 2.42. The second kappa shape index (κ2) is 3.13. The van der Waals surface area contributed by atoms with E-state index >= 15 is 0 Å². The highest BCUT2D eigenvalue weighted by molar-refractivity contribution is 5.49. The lowest BCUT2D eigenvalue weighted by Gasteiger charge is -2.29. The van der Waals surface area contributed by atoms with Crippen molar-refractivity contribution in [1.29, 1.82) is 0 Å². The van der Waals surface area contributed by atoms with E-state index in [0.717, 1.165) is 25.7 Å². The number of hydrogen-bond donors (Lipinski definition) is 0. The maximum atomic E-state index is 4.04. The Morgan fingerprint density at radius 2 is 0.714 bits per heavy atom. The first-order valence-corrected chi connectivity index (χ1v) is 4.99. The van der Waals surface area contributed by atoms with Crippen LogP contribution in [0.1, 0.15) is 25.7 Å². The van der Waals surface area contributed by atoms with Crippen LogP contribution in [0.15, 0.2) is 59.8 Å². The van der Waals surface area contributed by atoms with Crippen LogP contribution < -0.4 is 0 Å². The van der Waals surface area contributed by atoms with Gasteiger partial charge in [-0.05, 0) is 48.0 Å². The van der Waals surface area contributed by atoms with Crippen molar-refractivity contribution in [3.63, 3.8) is 0 Å². The Morgan fingerprint density at radius 3 is 0.929 bits per heavy atom. The number of hydrogen-bond acceptors (Lipinski definition) is 0. The van der Waals surface area contributed by atoms with E-state index in [4.69, 9.17) is 0 Å². The molecule has 0 heterocycles. The van der Waals surface area contributed by atoms with Gasteiger partial charge < -0.3 is 0 Å². The molecule has 0 atom stereocenters. The van der Waals surface area contributed by atoms with E-state index in [9.17, 15) is 0 Å². The van der Waals surface area contributed by atoms with Gasteiger partial charge in [0.05, 0.1) is 0 Å². The van der Waals surface area contributed by atoms with Crippen LogP contribution in [0, 0.1) is 0 Å². The quantitative estimate of drug-likeness (QED) is 0.497. The Labute approximate surface area is 86.0 Å². The van der Waals surface area contributed by atoms with Crippen LogP contribution in [0.25, 0.3) is 0 Å². The van der Waals surface area contributed by atoms with E-state index in [1.54, 1.807) is 0 Å². The molecule has 0 radical (unpaired) electrons. The summed E-state index contributed by atoms with van der Waals surface area (Å²) < 4.78 is 0. The third-order valence-electron chi connectivity index (χ3n) is 3.21. The summed E-state index contributed by atoms with van der Waals surface area (Å²) in [7, 11) is 0. The standard InChI is InChI=1S/C14H16/c1-9-5-13-7-11(3)12(4)8-14(13)6-10(9)2/h1-8H2. The molecule has 2 rings (SSSR count). The first-order valence-electron chi connectivity index (χ1n) is 4.99. The van der Waals surface area contributed by atoms with Gasteiger partial charge in [0.25, 0.3) is 0 Å². The lowest BCUT2D eigenvalue weighted by molar-refractivity contribution is 0.828. The maximum absolute atomic E-state index is 4.04. The molecule has 0 spiro atoms. The van der Waals surface area contributed by atoms with Crippen molar-refractivity contribution >= 4 is 0 Å². The summed E-state index contributed by atoms with van der Waals surface area (Å²) in [5.41, 5.74) is 7.82. The van der Waals surface area contributed by atoms with E-state index in [1.165, 1.54) is 33.4 Å². The van der Waals surface area contributed by atoms with Gasteiger partial charge in [0, 0.05) is 0 Å². The fourth-order valence-corrected chi connectivity index (χ4v) is 2.16. The van der Waals surface area contributed by atoms with Gasteiger partial charge in [0.2, 0.25) is 0 Å². The summed E-state index contributed by atoms with van der Waals surface area (Å²) in [6.07, 6.45) is 4.00. The second-order valence-corrected chi connectivity index (χ2v) is 4.33. The predicted molar refractivity (Wildman–Crippen MR) is 62.1 cm³/mol. The molecule has 0 nitrogen and oxygen atoms in total. The van der Waals surface area contributed by atoms with Crippen molar-refractivity contribution < 1.29 is 0 Å². The Balaban J connectivity index is 2.34. The molecule has 0 heteroatoms. The normalized spacial score (nSPS) is 22.9. The molecule has 0 saturated carbocycles. The molecule has 72 valence electrons. The van der Waals surface area contributed by atoms with E-state index in [1.807, 2.05) is 0 Å². The molecule has 0 unspecified atom stereocenters. The van der Waals surface area contributed by atoms with Gasteiger partial charge in [0.1, 0.15) is 0 Å². The van der Waals surface area contributed by atoms with Gasteiger partial charge in [-0.2, -0.15) is 0 Å². The third kappa shape index (κ3) is 1.41. The minimum Gasteiger partial charge on any atom is -0.0952 e. The average Bonchev–Trinajstić information content (AvgIpc) is 2.11. The average molecular weight is 184 g/mol. The molecular weight excluding hydrogens is 168 g/mol. The van der Waals surface area contributed by atoms with Crippen molar-refractivity contribution in [2.75, 3.05) is 0 Å². The Bertz CT molecular complexity index is 314. The molecule has 2 aliphatic carbocycles. The van der Waals surface area contributed by atoms with Gasteiger partial charge >= 0.3 is 0 Å². The summed E-state index contributed by atoms with van der Waals surface area (Å²) >= 11 is 0. The molecule has 0 amide bonds. The van der Waals surface area contributed by atoms with Crippen LogP contribution in [0.4, 0.5) is 0 Å². The van der Waals surface area contributed by atoms with Crippen LogP contribution in [-0.4, -0.2) is 0 Å². The van der Waals surface area contributed by atoms with E-state index < -0.39 is 0 Å². The molecule has 0 aromatic heterocycles. The van der Waals surface area contributed by atoms with Crippen molar-refractivity contribution in [2.24, 2.45) is 0 Å². The van der Waals surface area contributed by atoms with Crippen molar-refractivity contribution in [2.45, 2.75) is 25.7 Å². The van der Waals surface area contributed by atoms with E-state index in [0.29, 0.717) is 0 Å². The fraction of sp³-hybridized carbons (Fsp3) is 0.286. The lowest BCUT2D eigenvalue weighted by atomic mass is 9.76. The highest BCUT2D eigenvalue weighted by Gasteiger charge is 2.23. The zero-order valence-electron chi connectivity index (χ0n) is 8.66. The van der Waals surface area contributed by atoms with Gasteiger partial charge in [-0.25, -0.2) is 0 Å². The molecule has 2 aliphatic rings. The molecule has 14 heavy (non-hydrogen) atoms. The zero-order valence-corrected chi connectivity index (χ0v) is 8.66. The molecule has 0 bridgehead atoms. The Hall–Kier alpha value is -1.30. The van der Waals surface area contributed by atoms with Crippen LogP contribution in [0.2, 0.25) is 0 Å². The van der Waals surface area contributed by atoms with Crippen molar-refractivity contribution in [1.82, 2.24) is 0 Å². The zero-order chi connectivity index (χ0) is 10.3. The first kappa shape index (κ1) is 9.26. The SMILES string of the molecule is C=C1CC2=C(CC1=C)CC(=C)C(=C)C2. The largest absolute Gasteiger partial charge is 0.0952 e. The van der Waals surface area contributed by atoms with Gasteiger partial charge in [-0.3, -0.25) is 0 Å². The smallest absolute Gasteiger partial charge is 0.00641 e. The summed E-state index contributed by atoms with van der Waals surface area (Å²) in [5, 5.41) is 0. The van der Waals surface area contributed by atoms with E-state index in [-0.39, 0.29) is 0 Å². The van der Waals surface area contributed by atoms with Crippen LogP contribution in [0.5, 0.6) is 0 Å². The minimum absolute atomic E-state index is 1.00. The van der Waals surface area contributed by atoms with Crippen LogP contribution in [0.3, 0.4) is 0 Å². The van der Waals surface area contributed by atoms with Crippen molar-refractivity contribution in [3.8, 4) is 0 Å². The molecule has 0 N–H and O–H groups in total. The molecule has 0 saturated heterocycles. The van der Waals surface area contributed by atoms with Crippen molar-refractivity contribution in [3.05, 3.63) is 59.8 Å². The van der Waals surface area contributed by atoms with Crippen LogP contribution in [-0.2, 0) is 0 Å². The molecule has 0 fully saturated rings. The summed E-state index contributed by atoms with van der Waals surface area (Å²) in [6, 6.07) is 0. The fourth-order valence-electron chi connectivity index (χ4n) is 2.16. The third-order valence-corrected chi connectivity index (χ3v) is 3.21. The summed E-state index contributed by atoms with van der Waals surface area (Å²) in [4.78, 5) is 0. The monoisotopic (exact) mass is 184 g/mol. The van der Waals surface area contributed by atoms with Crippen LogP contribution >= 0.6 is 0 Å². The highest BCUT2D eigenvalue weighted by atomic mass is 14.3. The Kier molecular flexibility index (Phi) is 2.07. The topological polar surface area (TPSA) is 0 Å². The van der Waals surface area contributed by atoms with Gasteiger partial charge in [-0.15, -0.1) is 0 Å².